The molecule has 2 aliphatic heterocycles. The van der Waals surface area contributed by atoms with Crippen LogP contribution in [0.2, 0.25) is 0 Å². The fraction of sp³-hybridized carbons (Fsp3) is 0.750. The van der Waals surface area contributed by atoms with Crippen molar-refractivity contribution in [1.29, 1.82) is 0 Å². The Labute approximate surface area is 116 Å². The van der Waals surface area contributed by atoms with E-state index >= 15 is 0 Å². The molecule has 110 valence electrons. The molecule has 1 aromatic heterocycles. The van der Waals surface area contributed by atoms with Gasteiger partial charge < -0.3 is 9.47 Å². The second kappa shape index (κ2) is 5.86. The number of ether oxygens (including phenoxy) is 2. The lowest BCUT2D eigenvalue weighted by Gasteiger charge is -2.24. The third kappa shape index (κ3) is 2.54. The minimum Gasteiger partial charge on any atom is -0.377 e. The van der Waals surface area contributed by atoms with Crippen LogP contribution in [0.15, 0.2) is 6.20 Å². The van der Waals surface area contributed by atoms with Gasteiger partial charge in [-0.05, 0) is 12.8 Å². The van der Waals surface area contributed by atoms with Gasteiger partial charge in [0.15, 0.2) is 5.69 Å². The highest BCUT2D eigenvalue weighted by Crippen LogP contribution is 2.21. The van der Waals surface area contributed by atoms with Crippen molar-refractivity contribution in [3.63, 3.8) is 0 Å². The molecule has 8 heteroatoms. The van der Waals surface area contributed by atoms with Crippen molar-refractivity contribution in [2.24, 2.45) is 0 Å². The minimum absolute atomic E-state index is 0.0451. The number of carbonyl (C=O) groups excluding carboxylic acids is 1. The first-order valence-corrected chi connectivity index (χ1v) is 6.77. The number of methoxy groups -OCH3 is 1. The maximum absolute atomic E-state index is 12.2. The van der Waals surface area contributed by atoms with E-state index in [1.807, 2.05) is 0 Å². The van der Waals surface area contributed by atoms with Crippen LogP contribution in [0.3, 0.4) is 0 Å². The van der Waals surface area contributed by atoms with Gasteiger partial charge in [0, 0.05) is 13.7 Å². The van der Waals surface area contributed by atoms with Crippen LogP contribution in [-0.2, 0) is 14.3 Å². The van der Waals surface area contributed by atoms with E-state index in [-0.39, 0.29) is 23.7 Å². The summed E-state index contributed by atoms with van der Waals surface area (Å²) >= 11 is 0. The Balaban J connectivity index is 1.71. The molecule has 0 spiro atoms. The molecule has 3 heterocycles. The molecule has 0 bridgehead atoms. The van der Waals surface area contributed by atoms with Gasteiger partial charge in [0.25, 0.3) is 5.91 Å². The summed E-state index contributed by atoms with van der Waals surface area (Å²) in [6.45, 7) is 2.20. The quantitative estimate of drug-likeness (QED) is 0.778. The van der Waals surface area contributed by atoms with Crippen LogP contribution in [0.1, 0.15) is 29.4 Å². The Morgan fingerprint density at radius 3 is 3.10 bits per heavy atom. The first-order valence-electron chi connectivity index (χ1n) is 6.77. The highest BCUT2D eigenvalue weighted by Gasteiger charge is 2.32. The summed E-state index contributed by atoms with van der Waals surface area (Å²) in [4.78, 5) is 17.5. The molecule has 3 rings (SSSR count). The Morgan fingerprint density at radius 2 is 2.35 bits per heavy atom. The van der Waals surface area contributed by atoms with Gasteiger partial charge in [0.05, 0.1) is 26.0 Å². The molecule has 0 aromatic carbocycles. The summed E-state index contributed by atoms with van der Waals surface area (Å²) in [6, 6.07) is -0.0451. The van der Waals surface area contributed by atoms with E-state index in [0.717, 1.165) is 12.8 Å². The molecule has 0 N–H and O–H groups in total. The maximum Gasteiger partial charge on any atom is 0.299 e. The van der Waals surface area contributed by atoms with Gasteiger partial charge in [0.2, 0.25) is 0 Å². The Hall–Kier alpha value is -1.51. The number of carbonyl (C=O) groups is 1. The SMILES string of the molecule is CO[C@@H]1COC[C@H]1n1cc(C(=O)N2CCCCO2)nn1. The van der Waals surface area contributed by atoms with Crippen molar-refractivity contribution in [3.8, 4) is 0 Å². The number of hydroxylamine groups is 2. The van der Waals surface area contributed by atoms with Gasteiger partial charge in [-0.1, -0.05) is 5.21 Å². The monoisotopic (exact) mass is 282 g/mol. The van der Waals surface area contributed by atoms with Gasteiger partial charge in [-0.2, -0.15) is 0 Å². The van der Waals surface area contributed by atoms with Crippen LogP contribution < -0.4 is 0 Å². The van der Waals surface area contributed by atoms with E-state index in [1.165, 1.54) is 5.06 Å². The first-order chi connectivity index (χ1) is 9.79. The number of rotatable bonds is 3. The molecule has 2 aliphatic rings. The fourth-order valence-corrected chi connectivity index (χ4v) is 2.42. The van der Waals surface area contributed by atoms with Crippen LogP contribution in [0, 0.1) is 0 Å². The van der Waals surface area contributed by atoms with E-state index in [0.29, 0.717) is 26.4 Å². The number of aromatic nitrogens is 3. The largest absolute Gasteiger partial charge is 0.377 e. The summed E-state index contributed by atoms with van der Waals surface area (Å²) < 4.78 is 12.3. The molecule has 0 saturated carbocycles. The van der Waals surface area contributed by atoms with Crippen LogP contribution in [-0.4, -0.2) is 65.5 Å². The van der Waals surface area contributed by atoms with Gasteiger partial charge in [-0.15, -0.1) is 5.10 Å². The van der Waals surface area contributed by atoms with Crippen molar-refractivity contribution >= 4 is 5.91 Å². The number of nitrogens with zero attached hydrogens (tertiary/aromatic N) is 4. The van der Waals surface area contributed by atoms with E-state index in [4.69, 9.17) is 14.3 Å². The molecule has 1 aromatic rings. The molecule has 0 unspecified atom stereocenters. The second-order valence-corrected chi connectivity index (χ2v) is 4.91. The summed E-state index contributed by atoms with van der Waals surface area (Å²) in [5.41, 5.74) is 0.286. The lowest BCUT2D eigenvalue weighted by molar-refractivity contribution is -0.144. The normalized spacial score (nSPS) is 26.9. The van der Waals surface area contributed by atoms with E-state index in [2.05, 4.69) is 10.3 Å². The number of hydrogen-bond donors (Lipinski definition) is 0. The van der Waals surface area contributed by atoms with Gasteiger partial charge in [-0.3, -0.25) is 9.63 Å². The van der Waals surface area contributed by atoms with Crippen molar-refractivity contribution in [1.82, 2.24) is 20.1 Å². The standard InChI is InChI=1S/C12H18N4O4/c1-18-11-8-19-7-10(11)15-6-9(13-14-15)12(17)16-4-2-3-5-20-16/h6,10-11H,2-5,7-8H2,1H3/t10-,11-/m1/s1. The van der Waals surface area contributed by atoms with E-state index in [9.17, 15) is 4.79 Å². The van der Waals surface area contributed by atoms with Gasteiger partial charge in [0.1, 0.15) is 12.1 Å². The molecule has 1 amide bonds. The number of hydrogen-bond acceptors (Lipinski definition) is 6. The summed E-state index contributed by atoms with van der Waals surface area (Å²) in [6.07, 6.45) is 3.49. The van der Waals surface area contributed by atoms with E-state index in [1.54, 1.807) is 18.0 Å². The molecule has 2 atom stereocenters. The van der Waals surface area contributed by atoms with Crippen molar-refractivity contribution in [2.75, 3.05) is 33.5 Å². The molecule has 2 saturated heterocycles. The third-order valence-electron chi connectivity index (χ3n) is 3.60. The lowest BCUT2D eigenvalue weighted by atomic mass is 10.2. The summed E-state index contributed by atoms with van der Waals surface area (Å²) in [5.74, 6) is -0.246. The highest BCUT2D eigenvalue weighted by atomic mass is 16.7. The average molecular weight is 282 g/mol. The predicted molar refractivity (Wildman–Crippen MR) is 66.9 cm³/mol. The zero-order valence-electron chi connectivity index (χ0n) is 11.4. The van der Waals surface area contributed by atoms with Crippen molar-refractivity contribution in [3.05, 3.63) is 11.9 Å². The van der Waals surface area contributed by atoms with Crippen LogP contribution >= 0.6 is 0 Å². The topological polar surface area (TPSA) is 78.7 Å². The Kier molecular flexibility index (Phi) is 3.95. The first kappa shape index (κ1) is 13.5. The second-order valence-electron chi connectivity index (χ2n) is 4.91. The minimum atomic E-state index is -0.246. The average Bonchev–Trinajstić information content (AvgIpc) is 3.15. The summed E-state index contributed by atoms with van der Waals surface area (Å²) in [7, 11) is 1.64. The smallest absolute Gasteiger partial charge is 0.299 e. The highest BCUT2D eigenvalue weighted by molar-refractivity contribution is 5.91. The predicted octanol–water partition coefficient (Wildman–Crippen LogP) is 0.0320. The van der Waals surface area contributed by atoms with Crippen molar-refractivity contribution in [2.45, 2.75) is 25.0 Å². The Morgan fingerprint density at radius 1 is 1.45 bits per heavy atom. The fourth-order valence-electron chi connectivity index (χ4n) is 2.42. The van der Waals surface area contributed by atoms with Crippen molar-refractivity contribution < 1.29 is 19.1 Å². The zero-order chi connectivity index (χ0) is 13.9. The van der Waals surface area contributed by atoms with E-state index < -0.39 is 0 Å². The van der Waals surface area contributed by atoms with Crippen LogP contribution in [0.25, 0.3) is 0 Å². The zero-order valence-corrected chi connectivity index (χ0v) is 11.4. The van der Waals surface area contributed by atoms with Crippen LogP contribution in [0.5, 0.6) is 0 Å². The molecular weight excluding hydrogens is 264 g/mol. The lowest BCUT2D eigenvalue weighted by Crippen LogP contribution is -2.36. The molecule has 20 heavy (non-hydrogen) atoms. The third-order valence-corrected chi connectivity index (χ3v) is 3.60. The molecule has 0 aliphatic carbocycles. The van der Waals surface area contributed by atoms with Gasteiger partial charge in [-0.25, -0.2) is 9.75 Å². The van der Waals surface area contributed by atoms with Gasteiger partial charge >= 0.3 is 0 Å². The molecule has 8 nitrogen and oxygen atoms in total. The molecule has 0 radical (unpaired) electrons. The summed E-state index contributed by atoms with van der Waals surface area (Å²) in [5, 5.41) is 9.31. The molecular formula is C12H18N4O4. The maximum atomic E-state index is 12.2. The Bertz CT molecular complexity index is 472. The number of amides is 1. The molecule has 2 fully saturated rings. The van der Waals surface area contributed by atoms with Crippen LogP contribution in [0.4, 0.5) is 0 Å².